The van der Waals surface area contributed by atoms with E-state index in [1.807, 2.05) is 60.7 Å². The second-order valence-electron chi connectivity index (χ2n) is 7.62. The monoisotopic (exact) mass is 415 g/mol. The van der Waals surface area contributed by atoms with Gasteiger partial charge in [-0.05, 0) is 42.5 Å². The average Bonchev–Trinajstić information content (AvgIpc) is 2.87. The van der Waals surface area contributed by atoms with Gasteiger partial charge in [0, 0.05) is 41.5 Å². The number of amides is 1. The largest absolute Gasteiger partial charge is 0.311 e. The van der Waals surface area contributed by atoms with Gasteiger partial charge in [-0.1, -0.05) is 30.3 Å². The van der Waals surface area contributed by atoms with Crippen LogP contribution in [0.3, 0.4) is 0 Å². The fraction of sp³-hybridized carbons (Fsp3) is 0.0385. The van der Waals surface area contributed by atoms with Crippen LogP contribution in [0.4, 0.5) is 5.69 Å². The molecule has 0 atom stereocenters. The molecule has 152 valence electrons. The molecule has 0 aliphatic heterocycles. The number of pyridine rings is 2. The van der Waals surface area contributed by atoms with Crippen LogP contribution < -0.4 is 4.90 Å². The Bertz CT molecular complexity index is 1660. The highest BCUT2D eigenvalue weighted by Crippen LogP contribution is 2.32. The number of anilines is 1. The van der Waals surface area contributed by atoms with Crippen molar-refractivity contribution in [2.45, 2.75) is 0 Å². The molecule has 0 spiro atoms. The first-order valence-electron chi connectivity index (χ1n) is 10.3. The van der Waals surface area contributed by atoms with Gasteiger partial charge in [0.2, 0.25) is 0 Å². The van der Waals surface area contributed by atoms with Crippen LogP contribution >= 0.6 is 0 Å². The van der Waals surface area contributed by atoms with E-state index in [-0.39, 0.29) is 5.91 Å². The molecule has 0 radical (unpaired) electrons. The second-order valence-corrected chi connectivity index (χ2v) is 7.62. The van der Waals surface area contributed by atoms with Crippen LogP contribution in [0.1, 0.15) is 10.4 Å². The van der Waals surface area contributed by atoms with Gasteiger partial charge in [-0.3, -0.25) is 14.8 Å². The van der Waals surface area contributed by atoms with Crippen molar-refractivity contribution in [2.75, 3.05) is 11.9 Å². The number of hydrogen-bond acceptors (Lipinski definition) is 5. The van der Waals surface area contributed by atoms with Crippen molar-refractivity contribution >= 4 is 55.5 Å². The molecule has 6 rings (SSSR count). The van der Waals surface area contributed by atoms with Crippen LogP contribution in [0.25, 0.3) is 43.9 Å². The zero-order valence-corrected chi connectivity index (χ0v) is 17.2. The van der Waals surface area contributed by atoms with E-state index in [0.717, 1.165) is 27.5 Å². The quantitative estimate of drug-likeness (QED) is 0.289. The van der Waals surface area contributed by atoms with E-state index in [9.17, 15) is 4.79 Å². The minimum atomic E-state index is -0.108. The van der Waals surface area contributed by atoms with E-state index in [1.165, 1.54) is 0 Å². The molecule has 6 aromatic rings. The number of carbonyl (C=O) groups is 1. The van der Waals surface area contributed by atoms with Crippen LogP contribution in [0.15, 0.2) is 85.2 Å². The first kappa shape index (κ1) is 18.3. The minimum Gasteiger partial charge on any atom is -0.311 e. The number of aromatic nitrogens is 4. The maximum absolute atomic E-state index is 13.1. The molecule has 0 saturated carbocycles. The van der Waals surface area contributed by atoms with E-state index in [4.69, 9.17) is 9.97 Å². The Morgan fingerprint density at radius 1 is 0.688 bits per heavy atom. The molecule has 6 heteroatoms. The lowest BCUT2D eigenvalue weighted by atomic mass is 10.1. The SMILES string of the molecule is CN(C(=O)c1ccc2nc3c4ncccc4c4cccnc4c3nc2c1)c1ccccc1. The van der Waals surface area contributed by atoms with Crippen molar-refractivity contribution in [2.24, 2.45) is 0 Å². The number of hydrogen-bond donors (Lipinski definition) is 0. The second kappa shape index (κ2) is 7.06. The number of para-hydroxylation sites is 1. The number of nitrogens with zero attached hydrogens (tertiary/aromatic N) is 5. The summed E-state index contributed by atoms with van der Waals surface area (Å²) in [7, 11) is 1.77. The molecule has 0 aliphatic rings. The standard InChI is InChI=1S/C26H17N5O/c1-31(17-7-3-2-4-8-17)26(32)16-11-12-20-21(15-16)30-25-23-19(10-6-14-28-23)18-9-5-13-27-22(18)24(25)29-20/h2-15H,1H3. The van der Waals surface area contributed by atoms with Crippen molar-refractivity contribution in [3.05, 3.63) is 90.8 Å². The molecule has 0 fully saturated rings. The van der Waals surface area contributed by atoms with E-state index < -0.39 is 0 Å². The summed E-state index contributed by atoms with van der Waals surface area (Å²) in [5.74, 6) is -0.108. The Labute approximate surface area is 183 Å². The Kier molecular flexibility index (Phi) is 4.04. The van der Waals surface area contributed by atoms with Crippen LogP contribution in [-0.2, 0) is 0 Å². The zero-order valence-electron chi connectivity index (χ0n) is 17.2. The van der Waals surface area contributed by atoms with Crippen LogP contribution in [-0.4, -0.2) is 32.9 Å². The fourth-order valence-corrected chi connectivity index (χ4v) is 4.10. The lowest BCUT2D eigenvalue weighted by Gasteiger charge is -2.17. The van der Waals surface area contributed by atoms with Gasteiger partial charge >= 0.3 is 0 Å². The van der Waals surface area contributed by atoms with Crippen LogP contribution in [0.5, 0.6) is 0 Å². The summed E-state index contributed by atoms with van der Waals surface area (Å²) in [4.78, 5) is 33.7. The first-order valence-corrected chi connectivity index (χ1v) is 10.3. The van der Waals surface area contributed by atoms with Gasteiger partial charge in [0.15, 0.2) is 0 Å². The highest BCUT2D eigenvalue weighted by molar-refractivity contribution is 6.21. The number of benzene rings is 3. The predicted octanol–water partition coefficient (Wildman–Crippen LogP) is 5.16. The summed E-state index contributed by atoms with van der Waals surface area (Å²) >= 11 is 0. The Morgan fingerprint density at radius 3 is 1.97 bits per heavy atom. The lowest BCUT2D eigenvalue weighted by Crippen LogP contribution is -2.26. The van der Waals surface area contributed by atoms with Crippen molar-refractivity contribution in [3.8, 4) is 0 Å². The Morgan fingerprint density at radius 2 is 1.31 bits per heavy atom. The molecule has 0 aliphatic carbocycles. The van der Waals surface area contributed by atoms with Gasteiger partial charge in [-0.15, -0.1) is 0 Å². The highest BCUT2D eigenvalue weighted by Gasteiger charge is 2.17. The number of fused-ring (bicyclic) bond motifs is 7. The zero-order chi connectivity index (χ0) is 21.7. The van der Waals surface area contributed by atoms with Gasteiger partial charge in [-0.25, -0.2) is 9.97 Å². The third-order valence-electron chi connectivity index (χ3n) is 5.71. The smallest absolute Gasteiger partial charge is 0.258 e. The van der Waals surface area contributed by atoms with E-state index in [1.54, 1.807) is 36.5 Å². The molecule has 6 nitrogen and oxygen atoms in total. The number of carbonyl (C=O) groups excluding carboxylic acids is 1. The summed E-state index contributed by atoms with van der Waals surface area (Å²) < 4.78 is 0. The fourth-order valence-electron chi connectivity index (χ4n) is 4.10. The summed E-state index contributed by atoms with van der Waals surface area (Å²) in [6.07, 6.45) is 3.52. The maximum Gasteiger partial charge on any atom is 0.258 e. The van der Waals surface area contributed by atoms with Crippen molar-refractivity contribution in [3.63, 3.8) is 0 Å². The normalized spacial score (nSPS) is 11.4. The average molecular weight is 415 g/mol. The van der Waals surface area contributed by atoms with Gasteiger partial charge in [0.25, 0.3) is 5.91 Å². The maximum atomic E-state index is 13.1. The predicted molar refractivity (Wildman–Crippen MR) is 127 cm³/mol. The molecule has 3 heterocycles. The lowest BCUT2D eigenvalue weighted by molar-refractivity contribution is 0.0993. The highest BCUT2D eigenvalue weighted by atomic mass is 16.2. The van der Waals surface area contributed by atoms with Crippen molar-refractivity contribution < 1.29 is 4.79 Å². The summed E-state index contributed by atoms with van der Waals surface area (Å²) in [6.45, 7) is 0. The third kappa shape index (κ3) is 2.77. The van der Waals surface area contributed by atoms with E-state index in [0.29, 0.717) is 27.6 Å². The van der Waals surface area contributed by atoms with Gasteiger partial charge in [0.1, 0.15) is 11.0 Å². The summed E-state index contributed by atoms with van der Waals surface area (Å²) in [6, 6.07) is 22.8. The minimum absolute atomic E-state index is 0.108. The molecule has 3 aromatic carbocycles. The summed E-state index contributed by atoms with van der Waals surface area (Å²) in [5.41, 5.74) is 5.69. The molecule has 0 unspecified atom stereocenters. The molecule has 1 amide bonds. The third-order valence-corrected chi connectivity index (χ3v) is 5.71. The van der Waals surface area contributed by atoms with E-state index in [2.05, 4.69) is 9.97 Å². The molecule has 32 heavy (non-hydrogen) atoms. The first-order chi connectivity index (χ1) is 15.7. The topological polar surface area (TPSA) is 71.9 Å². The Hall–Kier alpha value is -4.45. The van der Waals surface area contributed by atoms with Gasteiger partial charge < -0.3 is 4.90 Å². The molecule has 3 aromatic heterocycles. The molecular formula is C26H17N5O. The van der Waals surface area contributed by atoms with Crippen molar-refractivity contribution in [1.29, 1.82) is 0 Å². The van der Waals surface area contributed by atoms with Gasteiger partial charge in [-0.2, -0.15) is 0 Å². The van der Waals surface area contributed by atoms with Crippen molar-refractivity contribution in [1.82, 2.24) is 19.9 Å². The van der Waals surface area contributed by atoms with Gasteiger partial charge in [0.05, 0.1) is 22.1 Å². The molecule has 0 N–H and O–H groups in total. The van der Waals surface area contributed by atoms with Crippen LogP contribution in [0, 0.1) is 0 Å². The Balaban J connectivity index is 1.58. The number of rotatable bonds is 2. The van der Waals surface area contributed by atoms with Crippen LogP contribution in [0.2, 0.25) is 0 Å². The summed E-state index contributed by atoms with van der Waals surface area (Å²) in [5, 5.41) is 1.97. The van der Waals surface area contributed by atoms with E-state index >= 15 is 0 Å². The molecule has 0 bridgehead atoms. The molecule has 0 saturated heterocycles. The molecular weight excluding hydrogens is 398 g/mol.